The zero-order valence-electron chi connectivity index (χ0n) is 12.3. The summed E-state index contributed by atoms with van der Waals surface area (Å²) in [5.41, 5.74) is 1.84. The van der Waals surface area contributed by atoms with Crippen molar-refractivity contribution in [3.8, 4) is 0 Å². The zero-order valence-corrected chi connectivity index (χ0v) is 13.1. The van der Waals surface area contributed by atoms with Crippen molar-refractivity contribution in [3.05, 3.63) is 47.5 Å². The summed E-state index contributed by atoms with van der Waals surface area (Å²) in [6, 6.07) is 7.07. The third-order valence-corrected chi connectivity index (χ3v) is 4.99. The highest BCUT2D eigenvalue weighted by Gasteiger charge is 2.20. The summed E-state index contributed by atoms with van der Waals surface area (Å²) >= 11 is 0. The molecular formula is C15H20N2O2S. The average Bonchev–Trinajstić information content (AvgIpc) is 2.81. The fourth-order valence-corrected chi connectivity index (χ4v) is 3.55. The van der Waals surface area contributed by atoms with E-state index in [1.165, 1.54) is 3.97 Å². The van der Waals surface area contributed by atoms with Crippen molar-refractivity contribution >= 4 is 10.0 Å². The fraction of sp³-hybridized carbons (Fsp3) is 0.400. The van der Waals surface area contributed by atoms with Crippen molar-refractivity contribution in [1.29, 1.82) is 0 Å². The van der Waals surface area contributed by atoms with Gasteiger partial charge in [0, 0.05) is 12.6 Å². The minimum atomic E-state index is -3.55. The minimum absolute atomic E-state index is 0.300. The van der Waals surface area contributed by atoms with Crippen LogP contribution in [0.25, 0.3) is 0 Å². The van der Waals surface area contributed by atoms with Crippen LogP contribution in [0.4, 0.5) is 0 Å². The third kappa shape index (κ3) is 2.63. The summed E-state index contributed by atoms with van der Waals surface area (Å²) in [5.74, 6) is 0.948. The topological polar surface area (TPSA) is 52.0 Å². The largest absolute Gasteiger partial charge is 0.269 e. The standard InChI is InChI=1S/C15H20N2O2S/c1-5-15-16-12(4)10-17(15)20(18,19)14-8-6-13(7-9-14)11(2)3/h6-11H,5H2,1-4H3. The number of imidazole rings is 1. The van der Waals surface area contributed by atoms with Crippen LogP contribution < -0.4 is 0 Å². The molecule has 4 nitrogen and oxygen atoms in total. The Morgan fingerprint density at radius 1 is 1.20 bits per heavy atom. The molecule has 0 amide bonds. The highest BCUT2D eigenvalue weighted by molar-refractivity contribution is 7.90. The van der Waals surface area contributed by atoms with Crippen molar-refractivity contribution in [2.45, 2.75) is 44.9 Å². The molecule has 0 N–H and O–H groups in total. The predicted molar refractivity (Wildman–Crippen MR) is 79.5 cm³/mol. The second kappa shape index (κ2) is 5.40. The monoisotopic (exact) mass is 292 g/mol. The maximum atomic E-state index is 12.6. The van der Waals surface area contributed by atoms with Gasteiger partial charge in [-0.3, -0.25) is 0 Å². The number of nitrogens with zero attached hydrogens (tertiary/aromatic N) is 2. The zero-order chi connectivity index (χ0) is 14.9. The molecule has 0 saturated heterocycles. The second-order valence-corrected chi connectivity index (χ2v) is 6.99. The summed E-state index contributed by atoms with van der Waals surface area (Å²) in [6.07, 6.45) is 2.15. The Bertz CT molecular complexity index is 698. The molecule has 108 valence electrons. The number of benzene rings is 1. The number of aryl methyl sites for hydroxylation is 2. The summed E-state index contributed by atoms with van der Waals surface area (Å²) in [5, 5.41) is 0. The number of aromatic nitrogens is 2. The molecule has 0 spiro atoms. The first-order chi connectivity index (χ1) is 9.36. The van der Waals surface area contributed by atoms with Gasteiger partial charge in [-0.2, -0.15) is 0 Å². The van der Waals surface area contributed by atoms with Crippen LogP contribution in [-0.4, -0.2) is 17.4 Å². The Balaban J connectivity index is 2.49. The van der Waals surface area contributed by atoms with E-state index in [-0.39, 0.29) is 0 Å². The van der Waals surface area contributed by atoms with Gasteiger partial charge in [-0.05, 0) is 30.5 Å². The lowest BCUT2D eigenvalue weighted by molar-refractivity contribution is 0.584. The van der Waals surface area contributed by atoms with E-state index in [1.807, 2.05) is 19.1 Å². The Kier molecular flexibility index (Phi) is 3.99. The predicted octanol–water partition coefficient (Wildman–Crippen LogP) is 3.11. The van der Waals surface area contributed by atoms with Crippen molar-refractivity contribution in [3.63, 3.8) is 0 Å². The normalized spacial score (nSPS) is 12.1. The lowest BCUT2D eigenvalue weighted by Gasteiger charge is -2.10. The number of rotatable bonds is 4. The van der Waals surface area contributed by atoms with Crippen molar-refractivity contribution in [1.82, 2.24) is 8.96 Å². The Morgan fingerprint density at radius 3 is 2.30 bits per heavy atom. The van der Waals surface area contributed by atoms with Gasteiger partial charge >= 0.3 is 0 Å². The molecule has 0 aliphatic heterocycles. The van der Waals surface area contributed by atoms with E-state index in [0.29, 0.717) is 28.8 Å². The Morgan fingerprint density at radius 2 is 1.80 bits per heavy atom. The van der Waals surface area contributed by atoms with Crippen molar-refractivity contribution in [2.24, 2.45) is 0 Å². The molecule has 0 aliphatic carbocycles. The van der Waals surface area contributed by atoms with E-state index in [9.17, 15) is 8.42 Å². The molecule has 2 aromatic rings. The van der Waals surface area contributed by atoms with Crippen LogP contribution in [0, 0.1) is 6.92 Å². The van der Waals surface area contributed by atoms with E-state index in [1.54, 1.807) is 25.3 Å². The molecular weight excluding hydrogens is 272 g/mol. The molecule has 0 atom stereocenters. The summed E-state index contributed by atoms with van der Waals surface area (Å²) < 4.78 is 26.5. The van der Waals surface area contributed by atoms with Crippen LogP contribution in [0.15, 0.2) is 35.4 Å². The van der Waals surface area contributed by atoms with Crippen LogP contribution in [0.2, 0.25) is 0 Å². The van der Waals surface area contributed by atoms with Crippen molar-refractivity contribution in [2.75, 3.05) is 0 Å². The van der Waals surface area contributed by atoms with E-state index in [2.05, 4.69) is 18.8 Å². The molecule has 1 aromatic carbocycles. The third-order valence-electron chi connectivity index (χ3n) is 3.28. The molecule has 2 rings (SSSR count). The Labute approximate surface area is 120 Å². The first-order valence-electron chi connectivity index (χ1n) is 6.76. The van der Waals surface area contributed by atoms with Crippen molar-refractivity contribution < 1.29 is 8.42 Å². The number of hydrogen-bond donors (Lipinski definition) is 0. The van der Waals surface area contributed by atoms with E-state index >= 15 is 0 Å². The van der Waals surface area contributed by atoms with Crippen LogP contribution in [-0.2, 0) is 16.4 Å². The van der Waals surface area contributed by atoms with Gasteiger partial charge in [-0.15, -0.1) is 0 Å². The Hall–Kier alpha value is -1.62. The molecule has 0 fully saturated rings. The van der Waals surface area contributed by atoms with E-state index in [0.717, 1.165) is 5.56 Å². The smallest absolute Gasteiger partial charge is 0.238 e. The second-order valence-electron chi connectivity index (χ2n) is 5.18. The molecule has 0 saturated carbocycles. The van der Waals surface area contributed by atoms with Crippen LogP contribution in [0.5, 0.6) is 0 Å². The molecule has 0 bridgehead atoms. The average molecular weight is 292 g/mol. The molecule has 1 aromatic heterocycles. The maximum Gasteiger partial charge on any atom is 0.269 e. The summed E-state index contributed by atoms with van der Waals surface area (Å²) in [6.45, 7) is 7.86. The lowest BCUT2D eigenvalue weighted by Crippen LogP contribution is -2.15. The van der Waals surface area contributed by atoms with Gasteiger partial charge in [-0.25, -0.2) is 17.4 Å². The van der Waals surface area contributed by atoms with E-state index < -0.39 is 10.0 Å². The molecule has 1 heterocycles. The molecule has 20 heavy (non-hydrogen) atoms. The van der Waals surface area contributed by atoms with Crippen LogP contribution >= 0.6 is 0 Å². The van der Waals surface area contributed by atoms with Crippen LogP contribution in [0.3, 0.4) is 0 Å². The first-order valence-corrected chi connectivity index (χ1v) is 8.20. The molecule has 5 heteroatoms. The van der Waals surface area contributed by atoms with Gasteiger partial charge in [0.25, 0.3) is 10.0 Å². The van der Waals surface area contributed by atoms with Gasteiger partial charge in [0.2, 0.25) is 0 Å². The molecule has 0 aliphatic rings. The first kappa shape index (κ1) is 14.8. The number of hydrogen-bond acceptors (Lipinski definition) is 3. The fourth-order valence-electron chi connectivity index (χ4n) is 2.11. The van der Waals surface area contributed by atoms with Gasteiger partial charge in [-0.1, -0.05) is 32.9 Å². The SMILES string of the molecule is CCc1nc(C)cn1S(=O)(=O)c1ccc(C(C)C)cc1. The lowest BCUT2D eigenvalue weighted by atomic mass is 10.0. The van der Waals surface area contributed by atoms with E-state index in [4.69, 9.17) is 0 Å². The highest BCUT2D eigenvalue weighted by Crippen LogP contribution is 2.20. The van der Waals surface area contributed by atoms with Gasteiger partial charge in [0.15, 0.2) is 0 Å². The molecule has 0 unspecified atom stereocenters. The van der Waals surface area contributed by atoms with Gasteiger partial charge < -0.3 is 0 Å². The van der Waals surface area contributed by atoms with Gasteiger partial charge in [0.1, 0.15) is 5.82 Å². The highest BCUT2D eigenvalue weighted by atomic mass is 32.2. The summed E-state index contributed by atoms with van der Waals surface area (Å²) in [7, 11) is -3.55. The quantitative estimate of drug-likeness (QED) is 0.870. The maximum absolute atomic E-state index is 12.6. The minimum Gasteiger partial charge on any atom is -0.238 e. The molecule has 0 radical (unpaired) electrons. The van der Waals surface area contributed by atoms with Gasteiger partial charge in [0.05, 0.1) is 10.6 Å². The van der Waals surface area contributed by atoms with Crippen LogP contribution in [0.1, 0.15) is 43.8 Å². The summed E-state index contributed by atoms with van der Waals surface area (Å²) in [4.78, 5) is 4.55.